The first-order chi connectivity index (χ1) is 29.7. The Labute approximate surface area is 355 Å². The number of nitrogens with zero attached hydrogens (tertiary/aromatic N) is 1. The van der Waals surface area contributed by atoms with Gasteiger partial charge in [-0.1, -0.05) is 146 Å². The molecular weight excluding hydrogens is 727 g/mol. The van der Waals surface area contributed by atoms with Crippen molar-refractivity contribution >= 4 is 29.5 Å². The lowest BCUT2D eigenvalue weighted by Crippen LogP contribution is -2.44. The first kappa shape index (κ1) is 36.3. The molecule has 9 aliphatic carbocycles. The van der Waals surface area contributed by atoms with Crippen LogP contribution in [0.2, 0.25) is 0 Å². The average molecular weight is 782 g/mol. The van der Waals surface area contributed by atoms with Crippen molar-refractivity contribution in [3.8, 4) is 0 Å². The molecule has 0 radical (unpaired) electrons. The standard InChI is InChI=1S/C58H55NO/c1-2-11-40(12-3-1)50-19-10-20-53-55-36-44(29-34-57(55)60-58(50)53)39-27-32-47(33-28-39)59(56-37-45-14-5-7-16-49(45)51-17-8-9-18-52(51)56)46-30-25-38(26-31-46)43-24-23-42-22-21-41-13-4-6-15-48(41)54(42)35-43/h1-3,6-9,11,15-19,21-23,25-27,29-30,32-36,39-40,43,45-46,55,57H,4-5,10,12-14,20,24,28,31,37H2. The minimum Gasteiger partial charge on any atom is -0.485 e. The van der Waals surface area contributed by atoms with Crippen molar-refractivity contribution in [1.29, 1.82) is 0 Å². The first-order valence-electron chi connectivity index (χ1n) is 23.1. The van der Waals surface area contributed by atoms with Gasteiger partial charge in [-0.2, -0.15) is 0 Å². The molecule has 0 amide bonds. The fourth-order valence-electron chi connectivity index (χ4n) is 12.1. The Morgan fingerprint density at radius 2 is 1.55 bits per heavy atom. The Kier molecular flexibility index (Phi) is 9.15. The van der Waals surface area contributed by atoms with Gasteiger partial charge in [-0.25, -0.2) is 0 Å². The van der Waals surface area contributed by atoms with Gasteiger partial charge in [0, 0.05) is 40.3 Å². The number of fused-ring (bicyclic) bond motifs is 7. The molecule has 0 saturated carbocycles. The Morgan fingerprint density at radius 1 is 0.633 bits per heavy atom. The summed E-state index contributed by atoms with van der Waals surface area (Å²) in [7, 11) is 0. The summed E-state index contributed by atoms with van der Waals surface area (Å²) in [6.45, 7) is 0. The van der Waals surface area contributed by atoms with Crippen molar-refractivity contribution in [3.63, 3.8) is 0 Å². The fraction of sp³-hybridized carbons (Fsp3) is 0.310. The monoisotopic (exact) mass is 781 g/mol. The summed E-state index contributed by atoms with van der Waals surface area (Å²) in [5.41, 5.74) is 13.2. The molecule has 2 aromatic carbocycles. The second-order valence-corrected chi connectivity index (χ2v) is 18.5. The Hall–Kier alpha value is -5.60. The second kappa shape index (κ2) is 15.1. The molecular formula is C58H55NO. The van der Waals surface area contributed by atoms with Gasteiger partial charge in [0.2, 0.25) is 0 Å². The molecule has 1 aliphatic heterocycles. The zero-order valence-electron chi connectivity index (χ0n) is 34.7. The molecule has 2 nitrogen and oxygen atoms in total. The minimum atomic E-state index is 0.119. The Bertz CT molecular complexity index is 2820. The molecule has 2 aromatic rings. The van der Waals surface area contributed by atoms with Crippen molar-refractivity contribution in [2.75, 3.05) is 0 Å². The van der Waals surface area contributed by atoms with E-state index in [4.69, 9.17) is 4.74 Å². The van der Waals surface area contributed by atoms with E-state index in [9.17, 15) is 0 Å². The number of hydrogen-bond donors (Lipinski definition) is 0. The second-order valence-electron chi connectivity index (χ2n) is 18.5. The third-order valence-corrected chi connectivity index (χ3v) is 15.2. The van der Waals surface area contributed by atoms with Crippen LogP contribution in [0.25, 0.3) is 29.5 Å². The van der Waals surface area contributed by atoms with Crippen LogP contribution in [-0.4, -0.2) is 17.0 Å². The summed E-state index contributed by atoms with van der Waals surface area (Å²) in [4.78, 5) is 2.76. The Morgan fingerprint density at radius 3 is 2.43 bits per heavy atom. The lowest BCUT2D eigenvalue weighted by molar-refractivity contribution is 0.167. The van der Waals surface area contributed by atoms with Crippen LogP contribution in [-0.2, 0) is 11.2 Å². The third kappa shape index (κ3) is 6.29. The van der Waals surface area contributed by atoms with Gasteiger partial charge < -0.3 is 9.64 Å². The van der Waals surface area contributed by atoms with E-state index in [2.05, 4.69) is 163 Å². The largest absolute Gasteiger partial charge is 0.485 e. The predicted octanol–water partition coefficient (Wildman–Crippen LogP) is 10.2. The maximum absolute atomic E-state index is 6.76. The van der Waals surface area contributed by atoms with E-state index in [1.165, 1.54) is 89.9 Å². The van der Waals surface area contributed by atoms with Crippen LogP contribution in [0, 0.1) is 29.6 Å². The fourth-order valence-corrected chi connectivity index (χ4v) is 12.1. The summed E-state index contributed by atoms with van der Waals surface area (Å²) in [6, 6.07) is 14.2. The van der Waals surface area contributed by atoms with E-state index in [-0.39, 0.29) is 12.1 Å². The van der Waals surface area contributed by atoms with Crippen molar-refractivity contribution in [2.45, 2.75) is 82.8 Å². The SMILES string of the molecule is C1=CCC(C2=CCCC3=C2OC2C=CC(C4C=CC(N(C5=c6ccccc6=C6C=CCCC6C5)C5C=CC(C6C=c7c8c(ccc7=CC6)CCC=C8)=CC5)=CC4)=CC32)C=C1. The van der Waals surface area contributed by atoms with Crippen molar-refractivity contribution in [1.82, 2.24) is 4.90 Å². The molecule has 0 bridgehead atoms. The minimum absolute atomic E-state index is 0.119. The third-order valence-electron chi connectivity index (χ3n) is 15.2. The van der Waals surface area contributed by atoms with Crippen LogP contribution in [0.5, 0.6) is 0 Å². The van der Waals surface area contributed by atoms with E-state index in [1.54, 1.807) is 0 Å². The van der Waals surface area contributed by atoms with Crippen LogP contribution >= 0.6 is 0 Å². The maximum Gasteiger partial charge on any atom is 0.127 e. The highest BCUT2D eigenvalue weighted by atomic mass is 16.5. The molecule has 2 heteroatoms. The van der Waals surface area contributed by atoms with E-state index < -0.39 is 0 Å². The summed E-state index contributed by atoms with van der Waals surface area (Å²) < 4.78 is 6.76. The number of ether oxygens (including phenoxy) is 1. The number of allylic oxidation sites excluding steroid dienone is 16. The quantitative estimate of drug-likeness (QED) is 0.290. The van der Waals surface area contributed by atoms with Crippen LogP contribution in [0.1, 0.15) is 75.3 Å². The zero-order valence-corrected chi connectivity index (χ0v) is 34.7. The highest BCUT2D eigenvalue weighted by Gasteiger charge is 2.40. The molecule has 1 heterocycles. The van der Waals surface area contributed by atoms with Crippen molar-refractivity contribution < 1.29 is 4.74 Å². The van der Waals surface area contributed by atoms with Gasteiger partial charge >= 0.3 is 0 Å². The van der Waals surface area contributed by atoms with Gasteiger partial charge in [0.15, 0.2) is 0 Å². The topological polar surface area (TPSA) is 12.5 Å². The highest BCUT2D eigenvalue weighted by Crippen LogP contribution is 2.48. The van der Waals surface area contributed by atoms with Crippen molar-refractivity contribution in [3.05, 3.63) is 205 Å². The van der Waals surface area contributed by atoms with Gasteiger partial charge in [0.25, 0.3) is 0 Å². The average Bonchev–Trinajstić information content (AvgIpc) is 3.70. The maximum atomic E-state index is 6.76. The number of rotatable bonds is 6. The summed E-state index contributed by atoms with van der Waals surface area (Å²) in [5, 5.41) is 5.69. The highest BCUT2D eigenvalue weighted by molar-refractivity contribution is 5.68. The van der Waals surface area contributed by atoms with Gasteiger partial charge in [-0.15, -0.1) is 0 Å². The first-order valence-corrected chi connectivity index (χ1v) is 23.1. The molecule has 0 spiro atoms. The summed E-state index contributed by atoms with van der Waals surface area (Å²) >= 11 is 0. The molecule has 60 heavy (non-hydrogen) atoms. The normalized spacial score (nSPS) is 30.3. The molecule has 0 fully saturated rings. The smallest absolute Gasteiger partial charge is 0.127 e. The van der Waals surface area contributed by atoms with E-state index in [0.717, 1.165) is 57.8 Å². The van der Waals surface area contributed by atoms with Gasteiger partial charge in [-0.05, 0) is 143 Å². The van der Waals surface area contributed by atoms with Gasteiger partial charge in [0.05, 0.1) is 6.04 Å². The Balaban J connectivity index is 0.855. The number of benzene rings is 2. The molecule has 0 saturated heterocycles. The van der Waals surface area contributed by atoms with Crippen LogP contribution in [0.15, 0.2) is 173 Å². The van der Waals surface area contributed by atoms with Crippen molar-refractivity contribution in [2.24, 2.45) is 29.6 Å². The molecule has 12 rings (SSSR count). The molecule has 7 atom stereocenters. The van der Waals surface area contributed by atoms with Gasteiger partial charge in [-0.3, -0.25) is 0 Å². The molecule has 0 N–H and O–H groups in total. The predicted molar refractivity (Wildman–Crippen MR) is 248 cm³/mol. The number of aryl methyl sites for hydroxylation is 1. The summed E-state index contributed by atoms with van der Waals surface area (Å²) in [6.07, 6.45) is 60.8. The van der Waals surface area contributed by atoms with E-state index in [0.29, 0.717) is 29.6 Å². The number of hydrogen-bond acceptors (Lipinski definition) is 2. The lowest BCUT2D eigenvalue weighted by Gasteiger charge is -2.40. The lowest BCUT2D eigenvalue weighted by atomic mass is 9.78. The summed E-state index contributed by atoms with van der Waals surface area (Å²) in [5.74, 6) is 3.31. The van der Waals surface area contributed by atoms with Crippen LogP contribution in [0.4, 0.5) is 0 Å². The molecule has 0 aromatic heterocycles. The molecule has 10 aliphatic rings. The van der Waals surface area contributed by atoms with E-state index in [1.807, 2.05) is 0 Å². The zero-order chi connectivity index (χ0) is 39.6. The van der Waals surface area contributed by atoms with Crippen LogP contribution < -0.4 is 20.9 Å². The molecule has 7 unspecified atom stereocenters. The van der Waals surface area contributed by atoms with Gasteiger partial charge in [0.1, 0.15) is 11.9 Å². The van der Waals surface area contributed by atoms with E-state index >= 15 is 0 Å². The van der Waals surface area contributed by atoms with Crippen LogP contribution in [0.3, 0.4) is 0 Å². The molecule has 298 valence electrons.